The van der Waals surface area contributed by atoms with Crippen molar-refractivity contribution in [2.24, 2.45) is 0 Å². The minimum atomic E-state index is -0.294. The van der Waals surface area contributed by atoms with Crippen LogP contribution in [0.3, 0.4) is 0 Å². The van der Waals surface area contributed by atoms with Crippen LogP contribution in [0.2, 0.25) is 0 Å². The Kier molecular flexibility index (Phi) is 3.44. The van der Waals surface area contributed by atoms with E-state index in [-0.39, 0.29) is 28.7 Å². The molecular weight excluding hydrogens is 310 g/mol. The van der Waals surface area contributed by atoms with Gasteiger partial charge in [0.1, 0.15) is 15.8 Å². The first-order valence-corrected chi connectivity index (χ1v) is 7.08. The summed E-state index contributed by atoms with van der Waals surface area (Å²) in [5.41, 5.74) is 0.200. The van der Waals surface area contributed by atoms with E-state index >= 15 is 0 Å². The minimum absolute atomic E-state index is 0.200. The maximum Gasteiger partial charge on any atom is 0.263 e. The second kappa shape index (κ2) is 5.27. The van der Waals surface area contributed by atoms with Gasteiger partial charge in [0.2, 0.25) is 0 Å². The van der Waals surface area contributed by atoms with E-state index in [9.17, 15) is 15.0 Å². The smallest absolute Gasteiger partial charge is 0.263 e. The van der Waals surface area contributed by atoms with Gasteiger partial charge in [0, 0.05) is 11.6 Å². The molecule has 0 aliphatic carbocycles. The summed E-state index contributed by atoms with van der Waals surface area (Å²) >= 11 is 6.03. The molecule has 0 bridgehead atoms. The molecule has 1 aliphatic heterocycles. The van der Waals surface area contributed by atoms with E-state index in [0.717, 1.165) is 11.8 Å². The van der Waals surface area contributed by atoms with E-state index in [1.54, 1.807) is 12.1 Å². The van der Waals surface area contributed by atoms with Crippen molar-refractivity contribution in [2.45, 2.75) is 0 Å². The van der Waals surface area contributed by atoms with Crippen LogP contribution in [0.1, 0.15) is 5.76 Å². The topological polar surface area (TPSA) is 88.4 Å². The fraction of sp³-hybridized carbons (Fsp3) is 0. The molecule has 106 valence electrons. The number of hydrogen-bond acceptors (Lipinski definition) is 6. The predicted octanol–water partition coefficient (Wildman–Crippen LogP) is 1.58. The third-order valence-corrected chi connectivity index (χ3v) is 3.92. The van der Waals surface area contributed by atoms with Gasteiger partial charge in [-0.05, 0) is 12.1 Å². The highest BCUT2D eigenvalue weighted by atomic mass is 32.2. The molecule has 1 saturated heterocycles. The van der Waals surface area contributed by atoms with Gasteiger partial charge in [0.05, 0.1) is 4.91 Å². The molecule has 1 amide bonds. The fourth-order valence-corrected chi connectivity index (χ4v) is 2.85. The molecule has 0 spiro atoms. The fourth-order valence-electron chi connectivity index (χ4n) is 1.83. The molecule has 2 aromatic rings. The van der Waals surface area contributed by atoms with E-state index in [0.29, 0.717) is 15.0 Å². The lowest BCUT2D eigenvalue weighted by molar-refractivity contribution is -0.274. The molecule has 3 rings (SSSR count). The van der Waals surface area contributed by atoms with Gasteiger partial charge in [-0.3, -0.25) is 4.79 Å². The largest absolute Gasteiger partial charge is 0.872 e. The van der Waals surface area contributed by atoms with Crippen molar-refractivity contribution < 1.29 is 19.4 Å². The van der Waals surface area contributed by atoms with Crippen LogP contribution in [-0.4, -0.2) is 10.2 Å². The molecule has 2 heterocycles. The molecular formula is C14H7NO4S2-2. The lowest BCUT2D eigenvalue weighted by atomic mass is 10.1. The highest BCUT2D eigenvalue weighted by molar-refractivity contribution is 8.26. The minimum Gasteiger partial charge on any atom is -0.872 e. The monoisotopic (exact) mass is 317 g/mol. The molecule has 1 aromatic carbocycles. The van der Waals surface area contributed by atoms with Crippen LogP contribution in [0.4, 0.5) is 0 Å². The normalized spacial score (nSPS) is 16.5. The van der Waals surface area contributed by atoms with Crippen LogP contribution in [0.5, 0.6) is 11.5 Å². The maximum absolute atomic E-state index is 11.7. The molecule has 7 heteroatoms. The van der Waals surface area contributed by atoms with Gasteiger partial charge in [-0.1, -0.05) is 47.9 Å². The third-order valence-electron chi connectivity index (χ3n) is 2.76. The first kappa shape index (κ1) is 13.7. The Labute approximate surface area is 129 Å². The van der Waals surface area contributed by atoms with E-state index in [4.69, 9.17) is 16.6 Å². The van der Waals surface area contributed by atoms with Gasteiger partial charge in [0.15, 0.2) is 0 Å². The first-order valence-electron chi connectivity index (χ1n) is 5.86. The average molecular weight is 317 g/mol. The van der Waals surface area contributed by atoms with Gasteiger partial charge < -0.3 is 19.9 Å². The van der Waals surface area contributed by atoms with E-state index in [2.05, 4.69) is 5.32 Å². The van der Waals surface area contributed by atoms with Crippen LogP contribution in [0, 0.1) is 0 Å². The first-order chi connectivity index (χ1) is 10.0. The molecule has 21 heavy (non-hydrogen) atoms. The van der Waals surface area contributed by atoms with Crippen molar-refractivity contribution in [1.82, 2.24) is 5.32 Å². The summed E-state index contributed by atoms with van der Waals surface area (Å²) in [6, 6.07) is 6.84. The van der Waals surface area contributed by atoms with Crippen molar-refractivity contribution in [1.29, 1.82) is 0 Å². The summed E-state index contributed by atoms with van der Waals surface area (Å²) in [7, 11) is 0. The number of rotatable bonds is 2. The van der Waals surface area contributed by atoms with Crippen molar-refractivity contribution in [3.63, 3.8) is 0 Å². The van der Waals surface area contributed by atoms with E-state index in [1.807, 2.05) is 0 Å². The second-order valence-electron chi connectivity index (χ2n) is 4.21. The zero-order valence-electron chi connectivity index (χ0n) is 10.4. The van der Waals surface area contributed by atoms with Crippen molar-refractivity contribution in [3.05, 3.63) is 41.0 Å². The van der Waals surface area contributed by atoms with Crippen LogP contribution in [0.15, 0.2) is 39.7 Å². The number of carbonyl (C=O) groups is 1. The molecule has 1 aliphatic rings. The van der Waals surface area contributed by atoms with Gasteiger partial charge in [-0.25, -0.2) is 0 Å². The lowest BCUT2D eigenvalue weighted by Crippen LogP contribution is -2.17. The summed E-state index contributed by atoms with van der Waals surface area (Å²) in [5.74, 6) is -0.151. The number of amides is 1. The highest BCUT2D eigenvalue weighted by Gasteiger charge is 2.22. The Morgan fingerprint density at radius 1 is 1.24 bits per heavy atom. The number of carbonyl (C=O) groups excluding carboxylic acids is 1. The quantitative estimate of drug-likeness (QED) is 0.668. The Morgan fingerprint density at radius 2 is 2.05 bits per heavy atom. The molecule has 0 atom stereocenters. The van der Waals surface area contributed by atoms with Crippen LogP contribution < -0.4 is 15.5 Å². The van der Waals surface area contributed by atoms with Crippen LogP contribution >= 0.6 is 24.0 Å². The number of thiocarbonyl (C=S) groups is 1. The predicted molar refractivity (Wildman–Crippen MR) is 79.3 cm³/mol. The van der Waals surface area contributed by atoms with Gasteiger partial charge in [-0.2, -0.15) is 0 Å². The average Bonchev–Trinajstić information content (AvgIpc) is 3.00. The Morgan fingerprint density at radius 3 is 2.76 bits per heavy atom. The lowest BCUT2D eigenvalue weighted by Gasteiger charge is -2.15. The molecule has 0 unspecified atom stereocenters. The van der Waals surface area contributed by atoms with Gasteiger partial charge in [0.25, 0.3) is 5.91 Å². The number of benzene rings is 1. The standard InChI is InChI=1S/C14H9NO4S2/c16-7-1-3-10(17)9(5-7)11-4-2-8(19-11)6-12-13(18)15-14(20)21-12/h1-6,16-17H,(H,15,18,20)/p-2/b12-6-. The molecule has 1 N–H and O–H groups in total. The molecule has 0 radical (unpaired) electrons. The van der Waals surface area contributed by atoms with Crippen LogP contribution in [-0.2, 0) is 4.79 Å². The van der Waals surface area contributed by atoms with Crippen LogP contribution in [0.25, 0.3) is 17.4 Å². The second-order valence-corrected chi connectivity index (χ2v) is 5.93. The Bertz CT molecular complexity index is 779. The summed E-state index contributed by atoms with van der Waals surface area (Å²) in [6.07, 6.45) is 1.54. The number of furan rings is 1. The molecule has 1 fully saturated rings. The molecule has 5 nitrogen and oxygen atoms in total. The highest BCUT2D eigenvalue weighted by Crippen LogP contribution is 2.32. The SMILES string of the molecule is O=C1NC(=S)S/C1=C\c1ccc(-c2cc([O-])ccc2[O-])o1. The Hall–Kier alpha value is -2.25. The van der Waals surface area contributed by atoms with Gasteiger partial charge >= 0.3 is 0 Å². The number of nitrogens with one attached hydrogen (secondary N) is 1. The Balaban J connectivity index is 1.94. The molecule has 0 saturated carbocycles. The third kappa shape index (κ3) is 2.79. The summed E-state index contributed by atoms with van der Waals surface area (Å²) in [6.45, 7) is 0. The zero-order valence-corrected chi connectivity index (χ0v) is 12.0. The number of hydrogen-bond donors (Lipinski definition) is 1. The molecule has 1 aromatic heterocycles. The van der Waals surface area contributed by atoms with Crippen molar-refractivity contribution in [2.75, 3.05) is 0 Å². The van der Waals surface area contributed by atoms with E-state index < -0.39 is 0 Å². The van der Waals surface area contributed by atoms with E-state index in [1.165, 1.54) is 24.3 Å². The summed E-state index contributed by atoms with van der Waals surface area (Å²) in [4.78, 5) is 12.0. The summed E-state index contributed by atoms with van der Waals surface area (Å²) < 4.78 is 5.89. The summed E-state index contributed by atoms with van der Waals surface area (Å²) in [5, 5.41) is 25.5. The zero-order chi connectivity index (χ0) is 15.0. The van der Waals surface area contributed by atoms with Crippen molar-refractivity contribution >= 4 is 40.3 Å². The van der Waals surface area contributed by atoms with Gasteiger partial charge in [-0.15, -0.1) is 5.75 Å². The van der Waals surface area contributed by atoms with Crippen molar-refractivity contribution in [3.8, 4) is 22.8 Å². The maximum atomic E-state index is 11.7. The number of thioether (sulfide) groups is 1.